The molecule has 0 aliphatic rings. The number of aromatic nitrogens is 1. The highest BCUT2D eigenvalue weighted by Crippen LogP contribution is 2.17. The van der Waals surface area contributed by atoms with E-state index in [2.05, 4.69) is 12.2 Å². The summed E-state index contributed by atoms with van der Waals surface area (Å²) in [6.07, 6.45) is 0. The lowest BCUT2D eigenvalue weighted by atomic mass is 10.0. The van der Waals surface area contributed by atoms with E-state index in [0.29, 0.717) is 17.6 Å². The van der Waals surface area contributed by atoms with Gasteiger partial charge in [0.1, 0.15) is 6.04 Å². The van der Waals surface area contributed by atoms with E-state index in [0.717, 1.165) is 5.56 Å². The van der Waals surface area contributed by atoms with Crippen LogP contribution < -0.4 is 11.1 Å². The number of hydrogen-bond acceptors (Lipinski definition) is 3. The van der Waals surface area contributed by atoms with Crippen molar-refractivity contribution >= 4 is 17.0 Å². The van der Waals surface area contributed by atoms with Crippen molar-refractivity contribution in [3.05, 3.63) is 70.7 Å². The van der Waals surface area contributed by atoms with Crippen molar-refractivity contribution in [1.29, 1.82) is 0 Å². The number of nitrogens with one attached hydrogen (secondary N) is 1. The van der Waals surface area contributed by atoms with Crippen molar-refractivity contribution in [3.8, 4) is 0 Å². The monoisotopic (exact) mass is 324 g/mol. The van der Waals surface area contributed by atoms with Crippen LogP contribution in [0.5, 0.6) is 0 Å². The fourth-order valence-electron chi connectivity index (χ4n) is 2.77. The highest BCUT2D eigenvalue weighted by Gasteiger charge is 2.21. The third-order valence-electron chi connectivity index (χ3n) is 4.24. The van der Waals surface area contributed by atoms with Gasteiger partial charge in [0.2, 0.25) is 5.91 Å². The molecule has 1 aromatic heterocycles. The number of para-hydroxylation sites is 2. The summed E-state index contributed by atoms with van der Waals surface area (Å²) in [4.78, 5) is 24.5. The predicted molar refractivity (Wildman–Crippen MR) is 93.1 cm³/mol. The molecule has 1 N–H and O–H groups in total. The molecule has 2 unspecified atom stereocenters. The zero-order valence-electron chi connectivity index (χ0n) is 13.7. The molecule has 24 heavy (non-hydrogen) atoms. The number of hydrogen-bond donors (Lipinski definition) is 1. The largest absolute Gasteiger partial charge is 0.420 e. The van der Waals surface area contributed by atoms with Gasteiger partial charge in [0.25, 0.3) is 0 Å². The zero-order valence-corrected chi connectivity index (χ0v) is 13.7. The van der Waals surface area contributed by atoms with Gasteiger partial charge in [0, 0.05) is 6.54 Å². The summed E-state index contributed by atoms with van der Waals surface area (Å²) in [5, 5.41) is 2.92. The minimum Gasteiger partial charge on any atom is -0.408 e. The van der Waals surface area contributed by atoms with Crippen molar-refractivity contribution < 1.29 is 9.21 Å². The molecule has 5 nitrogen and oxygen atoms in total. The molecule has 0 saturated carbocycles. The Hall–Kier alpha value is -2.82. The molecular weight excluding hydrogens is 304 g/mol. The molecule has 0 radical (unpaired) electrons. The summed E-state index contributed by atoms with van der Waals surface area (Å²) in [5.74, 6) is -0.526. The third-order valence-corrected chi connectivity index (χ3v) is 4.24. The minimum atomic E-state index is -0.635. The van der Waals surface area contributed by atoms with E-state index in [1.54, 1.807) is 25.1 Å². The Bertz CT molecular complexity index is 896. The van der Waals surface area contributed by atoms with Crippen molar-refractivity contribution in [2.75, 3.05) is 6.54 Å². The zero-order chi connectivity index (χ0) is 17.1. The quantitative estimate of drug-likeness (QED) is 0.784. The Morgan fingerprint density at radius 2 is 1.75 bits per heavy atom. The van der Waals surface area contributed by atoms with Gasteiger partial charge in [-0.05, 0) is 30.5 Å². The van der Waals surface area contributed by atoms with E-state index in [-0.39, 0.29) is 11.8 Å². The van der Waals surface area contributed by atoms with E-state index in [9.17, 15) is 9.59 Å². The number of nitrogens with zero attached hydrogens (tertiary/aromatic N) is 1. The Morgan fingerprint density at radius 1 is 1.08 bits per heavy atom. The topological polar surface area (TPSA) is 64.2 Å². The van der Waals surface area contributed by atoms with Crippen LogP contribution in [0.4, 0.5) is 0 Å². The summed E-state index contributed by atoms with van der Waals surface area (Å²) >= 11 is 0. The molecule has 0 spiro atoms. The first kappa shape index (κ1) is 16.1. The number of carbonyl (C=O) groups excluding carboxylic acids is 1. The second-order valence-electron chi connectivity index (χ2n) is 5.94. The summed E-state index contributed by atoms with van der Waals surface area (Å²) in [7, 11) is 0. The van der Waals surface area contributed by atoms with Crippen LogP contribution in [-0.2, 0) is 4.79 Å². The average Bonchev–Trinajstić information content (AvgIpc) is 2.95. The summed E-state index contributed by atoms with van der Waals surface area (Å²) in [6, 6.07) is 16.5. The molecule has 5 heteroatoms. The van der Waals surface area contributed by atoms with E-state index >= 15 is 0 Å². The number of amides is 1. The maximum absolute atomic E-state index is 12.5. The molecule has 3 rings (SSSR count). The lowest BCUT2D eigenvalue weighted by Gasteiger charge is -2.16. The molecule has 1 heterocycles. The van der Waals surface area contributed by atoms with Crippen LogP contribution in [0.15, 0.2) is 63.8 Å². The Labute approximate surface area is 139 Å². The number of carbonyl (C=O) groups is 1. The summed E-state index contributed by atoms with van der Waals surface area (Å²) < 4.78 is 6.58. The molecule has 0 fully saturated rings. The number of rotatable bonds is 5. The Balaban J connectivity index is 1.73. The van der Waals surface area contributed by atoms with Crippen molar-refractivity contribution in [1.82, 2.24) is 9.88 Å². The predicted octanol–water partition coefficient (Wildman–Crippen LogP) is 3.08. The van der Waals surface area contributed by atoms with Crippen LogP contribution in [0, 0.1) is 0 Å². The summed E-state index contributed by atoms with van der Waals surface area (Å²) in [6.45, 7) is 4.27. The third kappa shape index (κ3) is 3.11. The van der Waals surface area contributed by atoms with Crippen LogP contribution in [0.2, 0.25) is 0 Å². The Kier molecular flexibility index (Phi) is 4.51. The van der Waals surface area contributed by atoms with Gasteiger partial charge >= 0.3 is 5.76 Å². The van der Waals surface area contributed by atoms with Crippen molar-refractivity contribution in [2.24, 2.45) is 0 Å². The highest BCUT2D eigenvalue weighted by atomic mass is 16.4. The molecule has 2 aromatic carbocycles. The lowest BCUT2D eigenvalue weighted by molar-refractivity contribution is -0.123. The summed E-state index contributed by atoms with van der Waals surface area (Å²) in [5.41, 5.74) is 2.28. The number of oxazole rings is 1. The van der Waals surface area contributed by atoms with Crippen LogP contribution in [0.1, 0.15) is 31.4 Å². The van der Waals surface area contributed by atoms with Gasteiger partial charge in [-0.15, -0.1) is 0 Å². The maximum Gasteiger partial charge on any atom is 0.420 e. The van der Waals surface area contributed by atoms with Gasteiger partial charge in [-0.3, -0.25) is 9.36 Å². The molecule has 0 saturated heterocycles. The molecule has 0 bridgehead atoms. The number of fused-ring (bicyclic) bond motifs is 1. The van der Waals surface area contributed by atoms with E-state index < -0.39 is 11.8 Å². The average molecular weight is 324 g/mol. The van der Waals surface area contributed by atoms with Gasteiger partial charge < -0.3 is 9.73 Å². The van der Waals surface area contributed by atoms with Gasteiger partial charge in [0.15, 0.2) is 5.58 Å². The van der Waals surface area contributed by atoms with Gasteiger partial charge in [-0.1, -0.05) is 49.4 Å². The lowest BCUT2D eigenvalue weighted by Crippen LogP contribution is -2.36. The van der Waals surface area contributed by atoms with Crippen molar-refractivity contribution in [2.45, 2.75) is 25.8 Å². The first-order chi connectivity index (χ1) is 11.6. The first-order valence-electron chi connectivity index (χ1n) is 8.00. The van der Waals surface area contributed by atoms with Crippen LogP contribution in [0.25, 0.3) is 11.1 Å². The Morgan fingerprint density at radius 3 is 2.50 bits per heavy atom. The second kappa shape index (κ2) is 6.74. The molecule has 1 amide bonds. The van der Waals surface area contributed by atoms with Gasteiger partial charge in [-0.25, -0.2) is 4.79 Å². The molecular formula is C19H20N2O3. The normalized spacial score (nSPS) is 13.6. The van der Waals surface area contributed by atoms with E-state index in [1.807, 2.05) is 36.4 Å². The molecule has 3 aromatic rings. The maximum atomic E-state index is 12.5. The molecule has 0 aliphatic heterocycles. The van der Waals surface area contributed by atoms with Gasteiger partial charge in [-0.2, -0.15) is 0 Å². The van der Waals surface area contributed by atoms with E-state index in [4.69, 9.17) is 4.42 Å². The highest BCUT2D eigenvalue weighted by molar-refractivity contribution is 5.82. The number of benzene rings is 2. The smallest absolute Gasteiger partial charge is 0.408 e. The fourth-order valence-corrected chi connectivity index (χ4v) is 2.77. The second-order valence-corrected chi connectivity index (χ2v) is 5.94. The van der Waals surface area contributed by atoms with Gasteiger partial charge in [0.05, 0.1) is 5.52 Å². The van der Waals surface area contributed by atoms with E-state index in [1.165, 1.54) is 4.57 Å². The minimum absolute atomic E-state index is 0.195. The fraction of sp³-hybridized carbons (Fsp3) is 0.263. The van der Waals surface area contributed by atoms with Crippen molar-refractivity contribution in [3.63, 3.8) is 0 Å². The molecule has 2 atom stereocenters. The standard InChI is InChI=1S/C19H20N2O3/c1-13(15-8-4-3-5-9-15)12-20-18(22)14(2)21-16-10-6-7-11-17(16)24-19(21)23/h3-11,13-14H,12H2,1-2H3,(H,20,22). The van der Waals surface area contributed by atoms with Crippen LogP contribution >= 0.6 is 0 Å². The molecule has 124 valence electrons. The molecule has 0 aliphatic carbocycles. The SMILES string of the molecule is CC(CNC(=O)C(C)n1c(=O)oc2ccccc21)c1ccccc1. The first-order valence-corrected chi connectivity index (χ1v) is 8.00. The van der Waals surface area contributed by atoms with Crippen LogP contribution in [0.3, 0.4) is 0 Å². The van der Waals surface area contributed by atoms with Crippen LogP contribution in [-0.4, -0.2) is 17.0 Å².